The molecule has 0 fully saturated rings. The van der Waals surface area contributed by atoms with Gasteiger partial charge < -0.3 is 5.11 Å². The van der Waals surface area contributed by atoms with Gasteiger partial charge in [-0.05, 0) is 36.8 Å². The van der Waals surface area contributed by atoms with Crippen molar-refractivity contribution in [2.24, 2.45) is 5.10 Å². The van der Waals surface area contributed by atoms with Gasteiger partial charge in [0.05, 0.1) is 11.8 Å². The molecule has 2 N–H and O–H groups in total. The Labute approximate surface area is 119 Å². The van der Waals surface area contributed by atoms with Crippen molar-refractivity contribution in [2.45, 2.75) is 6.92 Å². The molecule has 6 heteroatoms. The number of nitrogens with one attached hydrogen (secondary N) is 1. The predicted molar refractivity (Wildman–Crippen MR) is 74.3 cm³/mol. The van der Waals surface area contributed by atoms with Crippen molar-refractivity contribution in [3.63, 3.8) is 0 Å². The van der Waals surface area contributed by atoms with E-state index in [-0.39, 0.29) is 5.75 Å². The highest BCUT2D eigenvalue weighted by Gasteiger charge is 2.14. The van der Waals surface area contributed by atoms with E-state index < -0.39 is 23.1 Å². The molecule has 0 heterocycles. The van der Waals surface area contributed by atoms with E-state index in [4.69, 9.17) is 0 Å². The Balaban J connectivity index is 2.10. The van der Waals surface area contributed by atoms with Crippen LogP contribution in [0.15, 0.2) is 41.5 Å². The second-order valence-electron chi connectivity index (χ2n) is 4.36. The number of aryl methyl sites for hydroxylation is 1. The van der Waals surface area contributed by atoms with E-state index >= 15 is 0 Å². The first kappa shape index (κ1) is 14.6. The summed E-state index contributed by atoms with van der Waals surface area (Å²) in [7, 11) is 0. The lowest BCUT2D eigenvalue weighted by Crippen LogP contribution is -2.19. The fraction of sp³-hybridized carbons (Fsp3) is 0.0667. The molecule has 2 rings (SSSR count). The van der Waals surface area contributed by atoms with Crippen LogP contribution in [0.4, 0.5) is 8.78 Å². The van der Waals surface area contributed by atoms with Crippen LogP contribution in [0.3, 0.4) is 0 Å². The van der Waals surface area contributed by atoms with Crippen LogP contribution in [0.1, 0.15) is 21.5 Å². The topological polar surface area (TPSA) is 61.7 Å². The number of nitrogens with zero attached hydrogens (tertiary/aromatic N) is 1. The molecular weight excluding hydrogens is 278 g/mol. The van der Waals surface area contributed by atoms with Crippen LogP contribution in [0.2, 0.25) is 0 Å². The number of halogens is 2. The number of hydrogen-bond donors (Lipinski definition) is 2. The largest absolute Gasteiger partial charge is 0.507 e. The second kappa shape index (κ2) is 6.13. The quantitative estimate of drug-likeness (QED) is 0.674. The summed E-state index contributed by atoms with van der Waals surface area (Å²) in [5.41, 5.74) is 2.89. The number of hydrogen-bond acceptors (Lipinski definition) is 3. The summed E-state index contributed by atoms with van der Waals surface area (Å²) < 4.78 is 26.4. The van der Waals surface area contributed by atoms with Crippen molar-refractivity contribution in [1.82, 2.24) is 5.43 Å². The van der Waals surface area contributed by atoms with Crippen molar-refractivity contribution in [3.8, 4) is 5.75 Å². The van der Waals surface area contributed by atoms with E-state index in [2.05, 4.69) is 10.5 Å². The lowest BCUT2D eigenvalue weighted by molar-refractivity contribution is 0.0950. The van der Waals surface area contributed by atoms with Gasteiger partial charge >= 0.3 is 0 Å². The normalized spacial score (nSPS) is 10.8. The molecule has 0 unspecified atom stereocenters. The van der Waals surface area contributed by atoms with Gasteiger partial charge in [0.15, 0.2) is 11.6 Å². The maximum atomic E-state index is 13.4. The molecule has 2 aromatic carbocycles. The smallest absolute Gasteiger partial charge is 0.274 e. The third-order valence-electron chi connectivity index (χ3n) is 2.75. The van der Waals surface area contributed by atoms with Crippen molar-refractivity contribution in [3.05, 3.63) is 64.7 Å². The summed E-state index contributed by atoms with van der Waals surface area (Å²) in [6.45, 7) is 1.81. The van der Waals surface area contributed by atoms with Gasteiger partial charge in [0.1, 0.15) is 5.75 Å². The van der Waals surface area contributed by atoms with Gasteiger partial charge in [-0.25, -0.2) is 14.2 Å². The zero-order valence-electron chi connectivity index (χ0n) is 11.1. The monoisotopic (exact) mass is 290 g/mol. The maximum Gasteiger partial charge on any atom is 0.274 e. The fourth-order valence-corrected chi connectivity index (χ4v) is 1.66. The third kappa shape index (κ3) is 3.42. The second-order valence-corrected chi connectivity index (χ2v) is 4.36. The Morgan fingerprint density at radius 1 is 1.29 bits per heavy atom. The zero-order valence-corrected chi connectivity index (χ0v) is 11.1. The number of hydrazone groups is 1. The summed E-state index contributed by atoms with van der Waals surface area (Å²) in [6, 6.07) is 8.20. The molecule has 0 aromatic heterocycles. The molecule has 4 nitrogen and oxygen atoms in total. The molecule has 21 heavy (non-hydrogen) atoms. The summed E-state index contributed by atoms with van der Waals surface area (Å²) in [5.74, 6) is -3.22. The number of amides is 1. The summed E-state index contributed by atoms with van der Waals surface area (Å²) in [5, 5.41) is 13.2. The fourth-order valence-electron chi connectivity index (χ4n) is 1.66. The number of rotatable bonds is 3. The minimum Gasteiger partial charge on any atom is -0.507 e. The van der Waals surface area contributed by atoms with Gasteiger partial charge in [-0.15, -0.1) is 0 Å². The van der Waals surface area contributed by atoms with Gasteiger partial charge in [-0.1, -0.05) is 12.1 Å². The minimum absolute atomic E-state index is 0.00457. The lowest BCUT2D eigenvalue weighted by atomic mass is 10.1. The highest BCUT2D eigenvalue weighted by molar-refractivity contribution is 5.95. The van der Waals surface area contributed by atoms with Gasteiger partial charge in [0.25, 0.3) is 5.91 Å². The molecule has 0 spiro atoms. The molecule has 0 aliphatic rings. The number of phenols is 1. The number of phenolic OH excluding ortho intramolecular Hbond substituents is 1. The summed E-state index contributed by atoms with van der Waals surface area (Å²) in [6.07, 6.45) is 1.21. The SMILES string of the molecule is Cc1ccc(/C=N/NC(=O)c2cccc(F)c2F)c(O)c1. The van der Waals surface area contributed by atoms with E-state index in [1.165, 1.54) is 18.3 Å². The van der Waals surface area contributed by atoms with Crippen LogP contribution < -0.4 is 5.43 Å². The molecular formula is C15H12F2N2O2. The van der Waals surface area contributed by atoms with Crippen LogP contribution in [0, 0.1) is 18.6 Å². The molecule has 108 valence electrons. The van der Waals surface area contributed by atoms with Gasteiger partial charge in [0.2, 0.25) is 0 Å². The molecule has 0 aliphatic heterocycles. The van der Waals surface area contributed by atoms with Crippen molar-refractivity contribution in [1.29, 1.82) is 0 Å². The van der Waals surface area contributed by atoms with Crippen molar-refractivity contribution >= 4 is 12.1 Å². The zero-order chi connectivity index (χ0) is 15.4. The van der Waals surface area contributed by atoms with Crippen LogP contribution in [-0.4, -0.2) is 17.2 Å². The summed E-state index contributed by atoms with van der Waals surface area (Å²) >= 11 is 0. The van der Waals surface area contributed by atoms with Gasteiger partial charge in [0, 0.05) is 5.56 Å². The predicted octanol–water partition coefficient (Wildman–Crippen LogP) is 2.74. The number of carbonyl (C=O) groups excluding carboxylic acids is 1. The molecule has 0 bridgehead atoms. The highest BCUT2D eigenvalue weighted by atomic mass is 19.2. The van der Waals surface area contributed by atoms with Crippen LogP contribution >= 0.6 is 0 Å². The Morgan fingerprint density at radius 3 is 2.76 bits per heavy atom. The summed E-state index contributed by atoms with van der Waals surface area (Å²) in [4.78, 5) is 11.7. The number of benzene rings is 2. The van der Waals surface area contributed by atoms with Crippen LogP contribution in [-0.2, 0) is 0 Å². The third-order valence-corrected chi connectivity index (χ3v) is 2.75. The Bertz CT molecular complexity index is 715. The Hall–Kier alpha value is -2.76. The average Bonchev–Trinajstić information content (AvgIpc) is 2.44. The van der Waals surface area contributed by atoms with Crippen molar-refractivity contribution in [2.75, 3.05) is 0 Å². The van der Waals surface area contributed by atoms with Gasteiger partial charge in [-0.3, -0.25) is 4.79 Å². The highest BCUT2D eigenvalue weighted by Crippen LogP contribution is 2.16. The number of aromatic hydroxyl groups is 1. The van der Waals surface area contributed by atoms with E-state index in [0.29, 0.717) is 5.56 Å². The number of carbonyl (C=O) groups is 1. The molecule has 0 atom stereocenters. The van der Waals surface area contributed by atoms with Crippen LogP contribution in [0.5, 0.6) is 5.75 Å². The molecule has 1 amide bonds. The first-order valence-electron chi connectivity index (χ1n) is 6.06. The molecule has 2 aromatic rings. The first-order chi connectivity index (χ1) is 9.99. The average molecular weight is 290 g/mol. The molecule has 0 saturated carbocycles. The van der Waals surface area contributed by atoms with Crippen LogP contribution in [0.25, 0.3) is 0 Å². The molecule has 0 aliphatic carbocycles. The Kier molecular flexibility index (Phi) is 4.27. The standard InChI is InChI=1S/C15H12F2N2O2/c1-9-5-6-10(13(20)7-9)8-18-19-15(21)11-3-2-4-12(16)14(11)17/h2-8,20H,1H3,(H,19,21)/b18-8+. The van der Waals surface area contributed by atoms with E-state index in [0.717, 1.165) is 17.7 Å². The first-order valence-corrected chi connectivity index (χ1v) is 6.06. The lowest BCUT2D eigenvalue weighted by Gasteiger charge is -2.03. The maximum absolute atomic E-state index is 13.4. The van der Waals surface area contributed by atoms with E-state index in [9.17, 15) is 18.7 Å². The Morgan fingerprint density at radius 2 is 2.05 bits per heavy atom. The molecule has 0 radical (unpaired) electrons. The van der Waals surface area contributed by atoms with E-state index in [1.807, 2.05) is 6.92 Å². The molecule has 0 saturated heterocycles. The van der Waals surface area contributed by atoms with Gasteiger partial charge in [-0.2, -0.15) is 5.10 Å². The minimum atomic E-state index is -1.23. The van der Waals surface area contributed by atoms with E-state index in [1.54, 1.807) is 12.1 Å². The van der Waals surface area contributed by atoms with Crippen molar-refractivity contribution < 1.29 is 18.7 Å².